The van der Waals surface area contributed by atoms with Crippen LogP contribution in [0.15, 0.2) is 42.6 Å². The Balaban J connectivity index is 1.73. The highest BCUT2D eigenvalue weighted by molar-refractivity contribution is 7.92. The summed E-state index contributed by atoms with van der Waals surface area (Å²) in [6.45, 7) is 6.89. The molecular weight excluding hydrogens is 494 g/mol. The van der Waals surface area contributed by atoms with Crippen molar-refractivity contribution in [3.8, 4) is 17.6 Å². The van der Waals surface area contributed by atoms with Crippen LogP contribution in [0.3, 0.4) is 0 Å². The van der Waals surface area contributed by atoms with E-state index in [-0.39, 0.29) is 6.61 Å². The van der Waals surface area contributed by atoms with Crippen molar-refractivity contribution in [1.29, 1.82) is 5.26 Å². The summed E-state index contributed by atoms with van der Waals surface area (Å²) < 4.78 is 36.5. The van der Waals surface area contributed by atoms with Crippen molar-refractivity contribution >= 4 is 38.1 Å². The van der Waals surface area contributed by atoms with Gasteiger partial charge in [-0.3, -0.25) is 4.72 Å². The van der Waals surface area contributed by atoms with Crippen molar-refractivity contribution in [3.05, 3.63) is 69.2 Å². The van der Waals surface area contributed by atoms with Crippen molar-refractivity contribution in [2.24, 2.45) is 0 Å². The van der Waals surface area contributed by atoms with Crippen molar-refractivity contribution in [2.45, 2.75) is 39.2 Å². The summed E-state index contributed by atoms with van der Waals surface area (Å²) in [7, 11) is -3.36. The van der Waals surface area contributed by atoms with E-state index in [1.54, 1.807) is 6.20 Å². The maximum absolute atomic E-state index is 11.3. The van der Waals surface area contributed by atoms with Gasteiger partial charge < -0.3 is 9.47 Å². The van der Waals surface area contributed by atoms with Crippen molar-refractivity contribution in [1.82, 2.24) is 4.98 Å². The van der Waals surface area contributed by atoms with Gasteiger partial charge in [0.1, 0.15) is 18.4 Å². The fraction of sp³-hybridized carbons (Fsp3) is 0.333. The van der Waals surface area contributed by atoms with Crippen LogP contribution in [0.1, 0.15) is 48.8 Å². The standard InChI is InChI=1S/C24H26ClN3O4S2/c1-5-10-31-22-16(13-26)11-18(12-21(22)25)24(2,3)17-6-8-19(9-7-17)32-15-20-14-27-23(33-20)28-34(4,29)30/h6-9,11-12,14H,5,10,15H2,1-4H3,(H,27,28). The fourth-order valence-corrected chi connectivity index (χ4v) is 5.10. The summed E-state index contributed by atoms with van der Waals surface area (Å²) in [6, 6.07) is 13.6. The molecule has 0 unspecified atom stereocenters. The van der Waals surface area contributed by atoms with Crippen LogP contribution in [-0.2, 0) is 22.0 Å². The van der Waals surface area contributed by atoms with Gasteiger partial charge in [-0.2, -0.15) is 5.26 Å². The Morgan fingerprint density at radius 1 is 1.18 bits per heavy atom. The number of rotatable bonds is 10. The van der Waals surface area contributed by atoms with Crippen LogP contribution in [0.4, 0.5) is 5.13 Å². The van der Waals surface area contributed by atoms with E-state index in [9.17, 15) is 13.7 Å². The van der Waals surface area contributed by atoms with E-state index < -0.39 is 15.4 Å². The number of anilines is 1. The maximum atomic E-state index is 11.3. The zero-order chi connectivity index (χ0) is 24.9. The predicted octanol–water partition coefficient (Wildman–Crippen LogP) is 5.73. The molecule has 0 aliphatic heterocycles. The molecule has 3 rings (SSSR count). The highest BCUT2D eigenvalue weighted by Crippen LogP contribution is 2.38. The Hall–Kier alpha value is -2.80. The number of benzene rings is 2. The van der Waals surface area contributed by atoms with E-state index in [0.29, 0.717) is 33.8 Å². The fourth-order valence-electron chi connectivity index (χ4n) is 3.26. The van der Waals surface area contributed by atoms with Gasteiger partial charge in [0.25, 0.3) is 0 Å². The van der Waals surface area contributed by atoms with Gasteiger partial charge in [0.05, 0.1) is 28.3 Å². The molecule has 0 saturated heterocycles. The summed E-state index contributed by atoms with van der Waals surface area (Å²) in [6.07, 6.45) is 3.49. The molecule has 2 aromatic carbocycles. The third-order valence-corrected chi connectivity index (χ3v) is 6.98. The van der Waals surface area contributed by atoms with Gasteiger partial charge in [-0.25, -0.2) is 13.4 Å². The Bertz CT molecular complexity index is 1300. The predicted molar refractivity (Wildman–Crippen MR) is 135 cm³/mol. The minimum absolute atomic E-state index is 0.270. The van der Waals surface area contributed by atoms with Crippen molar-refractivity contribution in [3.63, 3.8) is 0 Å². The van der Waals surface area contributed by atoms with Crippen LogP contribution in [0.5, 0.6) is 11.5 Å². The normalized spacial score (nSPS) is 11.6. The molecule has 0 saturated carbocycles. The third-order valence-electron chi connectivity index (χ3n) is 5.12. The molecule has 0 fully saturated rings. The molecule has 0 spiro atoms. The lowest BCUT2D eigenvalue weighted by Crippen LogP contribution is -2.19. The molecule has 0 radical (unpaired) electrons. The number of halogens is 1. The first-order valence-corrected chi connectivity index (χ1v) is 13.6. The molecule has 0 amide bonds. The number of hydrogen-bond acceptors (Lipinski definition) is 7. The number of nitriles is 1. The third kappa shape index (κ3) is 6.41. The lowest BCUT2D eigenvalue weighted by molar-refractivity contribution is 0.309. The minimum Gasteiger partial charge on any atom is -0.491 e. The zero-order valence-electron chi connectivity index (χ0n) is 19.4. The Kier molecular flexibility index (Phi) is 8.08. The van der Waals surface area contributed by atoms with E-state index in [1.165, 1.54) is 11.3 Å². The molecule has 10 heteroatoms. The average Bonchev–Trinajstić information content (AvgIpc) is 3.22. The summed E-state index contributed by atoms with van der Waals surface area (Å²) in [5.74, 6) is 1.09. The molecular formula is C24H26ClN3O4S2. The molecule has 180 valence electrons. The second-order valence-electron chi connectivity index (χ2n) is 8.24. The van der Waals surface area contributed by atoms with Gasteiger partial charge in [0.15, 0.2) is 10.9 Å². The van der Waals surface area contributed by atoms with Gasteiger partial charge in [-0.05, 0) is 41.8 Å². The van der Waals surface area contributed by atoms with E-state index >= 15 is 0 Å². The second-order valence-corrected chi connectivity index (χ2v) is 11.5. The van der Waals surface area contributed by atoms with E-state index in [2.05, 4.69) is 29.6 Å². The SMILES string of the molecule is CCCOc1c(Cl)cc(C(C)(C)c2ccc(OCc3cnc(NS(C)(=O)=O)s3)cc2)cc1C#N. The van der Waals surface area contributed by atoms with E-state index in [0.717, 1.165) is 28.7 Å². The molecule has 7 nitrogen and oxygen atoms in total. The number of hydrogen-bond donors (Lipinski definition) is 1. The summed E-state index contributed by atoms with van der Waals surface area (Å²) in [5, 5.41) is 10.3. The molecule has 1 N–H and O–H groups in total. The molecule has 0 atom stereocenters. The Labute approximate surface area is 209 Å². The topological polar surface area (TPSA) is 101 Å². The molecule has 1 heterocycles. The summed E-state index contributed by atoms with van der Waals surface area (Å²) >= 11 is 7.69. The van der Waals surface area contributed by atoms with Crippen molar-refractivity contribution in [2.75, 3.05) is 17.6 Å². The van der Waals surface area contributed by atoms with Crippen LogP contribution < -0.4 is 14.2 Å². The van der Waals surface area contributed by atoms with Gasteiger partial charge in [0.2, 0.25) is 10.0 Å². The van der Waals surface area contributed by atoms with Gasteiger partial charge in [-0.15, -0.1) is 0 Å². The number of ether oxygens (including phenoxy) is 2. The molecule has 0 aliphatic carbocycles. The summed E-state index contributed by atoms with van der Waals surface area (Å²) in [5.41, 5.74) is 1.93. The van der Waals surface area contributed by atoms with E-state index in [4.69, 9.17) is 21.1 Å². The first kappa shape index (κ1) is 25.8. The smallest absolute Gasteiger partial charge is 0.231 e. The van der Waals surface area contributed by atoms with Crippen LogP contribution in [0.2, 0.25) is 5.02 Å². The van der Waals surface area contributed by atoms with Crippen LogP contribution >= 0.6 is 22.9 Å². The number of aromatic nitrogens is 1. The zero-order valence-corrected chi connectivity index (χ0v) is 21.8. The first-order valence-electron chi connectivity index (χ1n) is 10.6. The quantitative estimate of drug-likeness (QED) is 0.367. The van der Waals surface area contributed by atoms with Gasteiger partial charge in [0, 0.05) is 11.6 Å². The molecule has 3 aromatic rings. The Morgan fingerprint density at radius 2 is 1.88 bits per heavy atom. The number of sulfonamides is 1. The van der Waals surface area contributed by atoms with Crippen LogP contribution in [0, 0.1) is 11.3 Å². The second kappa shape index (κ2) is 10.6. The first-order chi connectivity index (χ1) is 16.0. The molecule has 34 heavy (non-hydrogen) atoms. The molecule has 0 aliphatic rings. The Morgan fingerprint density at radius 3 is 2.50 bits per heavy atom. The number of thiazole rings is 1. The maximum Gasteiger partial charge on any atom is 0.231 e. The average molecular weight is 520 g/mol. The van der Waals surface area contributed by atoms with Gasteiger partial charge in [-0.1, -0.05) is 55.8 Å². The lowest BCUT2D eigenvalue weighted by atomic mass is 9.77. The van der Waals surface area contributed by atoms with Crippen LogP contribution in [0.25, 0.3) is 0 Å². The lowest BCUT2D eigenvalue weighted by Gasteiger charge is -2.27. The molecule has 0 bridgehead atoms. The van der Waals surface area contributed by atoms with Crippen molar-refractivity contribution < 1.29 is 17.9 Å². The highest BCUT2D eigenvalue weighted by Gasteiger charge is 2.26. The minimum atomic E-state index is -3.36. The van der Waals surface area contributed by atoms with Gasteiger partial charge >= 0.3 is 0 Å². The van der Waals surface area contributed by atoms with Crippen LogP contribution in [-0.4, -0.2) is 26.3 Å². The summed E-state index contributed by atoms with van der Waals surface area (Å²) in [4.78, 5) is 4.83. The highest BCUT2D eigenvalue weighted by atomic mass is 35.5. The van der Waals surface area contributed by atoms with E-state index in [1.807, 2.05) is 43.3 Å². The largest absolute Gasteiger partial charge is 0.491 e. The monoisotopic (exact) mass is 519 g/mol. The number of nitrogens with one attached hydrogen (secondary N) is 1. The molecule has 1 aromatic heterocycles. The number of nitrogens with zero attached hydrogens (tertiary/aromatic N) is 2.